The van der Waals surface area contributed by atoms with E-state index in [9.17, 15) is 0 Å². The molecule has 2 atom stereocenters. The second kappa shape index (κ2) is 20.3. The van der Waals surface area contributed by atoms with Crippen LogP contribution in [0.5, 0.6) is 0 Å². The summed E-state index contributed by atoms with van der Waals surface area (Å²) < 4.78 is 6.50. The molecule has 2 aliphatic heterocycles. The number of hydrogen-bond donors (Lipinski definition) is 0. The highest BCUT2D eigenvalue weighted by atomic mass is 16.5. The van der Waals surface area contributed by atoms with Crippen LogP contribution >= 0.6 is 0 Å². The van der Waals surface area contributed by atoms with Crippen LogP contribution in [0.1, 0.15) is 111 Å². The minimum Gasteiger partial charge on any atom is -0.364 e. The van der Waals surface area contributed by atoms with Crippen LogP contribution in [0.25, 0.3) is 5.57 Å². The second-order valence-electron chi connectivity index (χ2n) is 7.46. The first kappa shape index (κ1) is 35.3. The van der Waals surface area contributed by atoms with Crippen LogP contribution in [0.15, 0.2) is 54.6 Å². The summed E-state index contributed by atoms with van der Waals surface area (Å²) in [6.07, 6.45) is 4.55. The molecule has 2 aliphatic rings. The highest BCUT2D eigenvalue weighted by molar-refractivity contribution is 5.72. The van der Waals surface area contributed by atoms with Crippen molar-refractivity contribution in [2.24, 2.45) is 0 Å². The fourth-order valence-corrected chi connectivity index (χ4v) is 4.44. The fourth-order valence-electron chi connectivity index (χ4n) is 4.44. The van der Waals surface area contributed by atoms with Crippen LogP contribution in [0.2, 0.25) is 0 Å². The van der Waals surface area contributed by atoms with Gasteiger partial charge in [0.2, 0.25) is 0 Å². The summed E-state index contributed by atoms with van der Waals surface area (Å²) in [5, 5.41) is 0. The van der Waals surface area contributed by atoms with E-state index in [-0.39, 0.29) is 5.60 Å². The summed E-state index contributed by atoms with van der Waals surface area (Å²) in [7, 11) is 2.21. The van der Waals surface area contributed by atoms with Crippen LogP contribution < -0.4 is 0 Å². The molecule has 2 heteroatoms. The molecule has 2 heterocycles. The fraction of sp³-hybridized carbons (Fsp3) is 0.576. The summed E-state index contributed by atoms with van der Waals surface area (Å²) in [5.41, 5.74) is 6.60. The highest BCUT2D eigenvalue weighted by Crippen LogP contribution is 2.48. The Kier molecular flexibility index (Phi) is 20.5. The van der Waals surface area contributed by atoms with Crippen molar-refractivity contribution in [1.29, 1.82) is 0 Å². The molecule has 1 saturated heterocycles. The summed E-state index contributed by atoms with van der Waals surface area (Å²) in [5.74, 6) is 0. The first-order valence-corrected chi connectivity index (χ1v) is 14.3. The maximum atomic E-state index is 6.50. The van der Waals surface area contributed by atoms with Crippen molar-refractivity contribution in [3.05, 3.63) is 76.9 Å². The lowest BCUT2D eigenvalue weighted by molar-refractivity contribution is 0.00109. The lowest BCUT2D eigenvalue weighted by atomic mass is 9.87. The van der Waals surface area contributed by atoms with E-state index in [1.165, 1.54) is 27.8 Å². The molecular weight excluding hydrogens is 426 g/mol. The molecule has 0 N–H and O–H groups in total. The third-order valence-corrected chi connectivity index (χ3v) is 5.85. The van der Waals surface area contributed by atoms with Gasteiger partial charge in [-0.3, -0.25) is 4.90 Å². The van der Waals surface area contributed by atoms with Gasteiger partial charge in [0, 0.05) is 6.54 Å². The van der Waals surface area contributed by atoms with E-state index in [0.29, 0.717) is 12.6 Å². The Morgan fingerprint density at radius 3 is 1.97 bits per heavy atom. The van der Waals surface area contributed by atoms with Crippen LogP contribution in [0.4, 0.5) is 0 Å². The monoisotopic (exact) mass is 483 g/mol. The molecule has 200 valence electrons. The zero-order valence-corrected chi connectivity index (χ0v) is 25.5. The van der Waals surface area contributed by atoms with Crippen LogP contribution in [-0.2, 0) is 11.2 Å². The van der Waals surface area contributed by atoms with E-state index < -0.39 is 0 Å². The van der Waals surface area contributed by atoms with E-state index in [0.717, 1.165) is 19.4 Å². The Balaban J connectivity index is 0. The van der Waals surface area contributed by atoms with Crippen LogP contribution in [0.3, 0.4) is 0 Å². The second-order valence-corrected chi connectivity index (χ2v) is 7.46. The van der Waals surface area contributed by atoms with Gasteiger partial charge in [-0.15, -0.1) is 0 Å². The predicted molar refractivity (Wildman–Crippen MR) is 160 cm³/mol. The lowest BCUT2D eigenvalue weighted by Crippen LogP contribution is -2.34. The Bertz CT molecular complexity index is 796. The Hall–Kier alpha value is -1.90. The van der Waals surface area contributed by atoms with Gasteiger partial charge in [-0.2, -0.15) is 0 Å². The zero-order chi connectivity index (χ0) is 27.4. The summed E-state index contributed by atoms with van der Waals surface area (Å²) in [6.45, 7) is 26.2. The van der Waals surface area contributed by atoms with Crippen molar-refractivity contribution in [2.75, 3.05) is 20.2 Å². The molecule has 2 aromatic rings. The van der Waals surface area contributed by atoms with Gasteiger partial charge in [-0.1, -0.05) is 125 Å². The normalized spacial score (nSPS) is 19.7. The highest BCUT2D eigenvalue weighted by Gasteiger charge is 2.49. The Morgan fingerprint density at radius 1 is 0.857 bits per heavy atom. The average molecular weight is 484 g/mol. The van der Waals surface area contributed by atoms with Gasteiger partial charge < -0.3 is 4.74 Å². The summed E-state index contributed by atoms with van der Waals surface area (Å²) in [4.78, 5) is 2.43. The molecule has 0 aromatic heterocycles. The van der Waals surface area contributed by atoms with E-state index in [1.54, 1.807) is 0 Å². The molecule has 0 amide bonds. The van der Waals surface area contributed by atoms with Crippen molar-refractivity contribution in [2.45, 2.75) is 108 Å². The van der Waals surface area contributed by atoms with Gasteiger partial charge in [0.25, 0.3) is 0 Å². The van der Waals surface area contributed by atoms with Crippen molar-refractivity contribution < 1.29 is 4.74 Å². The van der Waals surface area contributed by atoms with Gasteiger partial charge in [-0.25, -0.2) is 0 Å². The molecule has 0 saturated carbocycles. The van der Waals surface area contributed by atoms with E-state index in [4.69, 9.17) is 4.74 Å². The first-order chi connectivity index (χ1) is 17.1. The number of likely N-dealkylation sites (tertiary alicyclic amines) is 1. The molecule has 2 nitrogen and oxygen atoms in total. The van der Waals surface area contributed by atoms with E-state index >= 15 is 0 Å². The number of likely N-dealkylation sites (N-methyl/N-ethyl adjacent to an activating group) is 1. The maximum absolute atomic E-state index is 6.50. The van der Waals surface area contributed by atoms with Crippen molar-refractivity contribution in [3.63, 3.8) is 0 Å². The molecule has 0 radical (unpaired) electrons. The molecular formula is C33H57NO. The number of aryl methyl sites for hydroxylation is 2. The van der Waals surface area contributed by atoms with Gasteiger partial charge in [0.1, 0.15) is 5.60 Å². The number of ether oxygens (including phenoxy) is 1. The topological polar surface area (TPSA) is 12.5 Å². The van der Waals surface area contributed by atoms with Crippen LogP contribution in [-0.4, -0.2) is 30.7 Å². The third kappa shape index (κ3) is 9.24. The molecule has 1 spiro atoms. The molecule has 1 unspecified atom stereocenters. The van der Waals surface area contributed by atoms with Gasteiger partial charge in [-0.05, 0) is 60.7 Å². The summed E-state index contributed by atoms with van der Waals surface area (Å²) in [6, 6.07) is 17.9. The van der Waals surface area contributed by atoms with Gasteiger partial charge in [0.15, 0.2) is 0 Å². The van der Waals surface area contributed by atoms with Crippen molar-refractivity contribution in [1.82, 2.24) is 4.90 Å². The van der Waals surface area contributed by atoms with Crippen molar-refractivity contribution in [3.8, 4) is 0 Å². The van der Waals surface area contributed by atoms with Gasteiger partial charge >= 0.3 is 0 Å². The molecule has 0 bridgehead atoms. The number of nitrogens with zero attached hydrogens (tertiary/aromatic N) is 1. The van der Waals surface area contributed by atoms with Gasteiger partial charge in [0.05, 0.1) is 12.6 Å². The van der Waals surface area contributed by atoms with Crippen molar-refractivity contribution >= 4 is 5.57 Å². The smallest absolute Gasteiger partial charge is 0.108 e. The molecule has 2 aromatic carbocycles. The molecule has 35 heavy (non-hydrogen) atoms. The quantitative estimate of drug-likeness (QED) is 0.430. The Morgan fingerprint density at radius 2 is 1.43 bits per heavy atom. The number of benzene rings is 2. The number of hydrogen-bond acceptors (Lipinski definition) is 2. The minimum absolute atomic E-state index is 0.194. The first-order valence-electron chi connectivity index (χ1n) is 14.3. The minimum atomic E-state index is -0.194. The maximum Gasteiger partial charge on any atom is 0.108 e. The largest absolute Gasteiger partial charge is 0.364 e. The number of rotatable bonds is 3. The zero-order valence-electron chi connectivity index (χ0n) is 25.5. The predicted octanol–water partition coefficient (Wildman–Crippen LogP) is 9.92. The lowest BCUT2D eigenvalue weighted by Gasteiger charge is -2.32. The van der Waals surface area contributed by atoms with E-state index in [1.807, 2.05) is 69.2 Å². The SMILES string of the molecule is CC.CC.CC.CC.CC.CCc1ccc(C)c(C2=C[C@@]3(CCN(C)C3c3ccccc3)OC2)c1. The average Bonchev–Trinajstić information content (AvgIpc) is 3.53. The molecule has 1 fully saturated rings. The molecule has 0 aliphatic carbocycles. The van der Waals surface area contributed by atoms with E-state index in [2.05, 4.69) is 80.4 Å². The summed E-state index contributed by atoms with van der Waals surface area (Å²) >= 11 is 0. The Labute approximate surface area is 219 Å². The standard InChI is InChI=1S/C23H27NO.5C2H6/c1-4-18-11-10-17(2)21(14-18)20-15-23(25-16-20)12-13-24(3)22(23)19-8-6-5-7-9-19;5*1-2/h5-11,14-15,22H,4,12-13,16H2,1-3H3;5*1-2H3/t22?,23-;;;;;/m1...../s1. The van der Waals surface area contributed by atoms with Crippen LogP contribution in [0, 0.1) is 6.92 Å². The third-order valence-electron chi connectivity index (χ3n) is 5.85. The molecule has 4 rings (SSSR count).